The van der Waals surface area contributed by atoms with Gasteiger partial charge in [0, 0.05) is 0 Å². The largest absolute Gasteiger partial charge is 0.294 e. The Bertz CT molecular complexity index is 758. The number of hydrogen-bond acceptors (Lipinski definition) is 4. The van der Waals surface area contributed by atoms with Crippen LogP contribution < -0.4 is 10.4 Å². The Labute approximate surface area is 133 Å². The second-order valence-corrected chi connectivity index (χ2v) is 5.92. The molecule has 2 aliphatic heterocycles. The molecule has 3 atom stereocenters. The molecule has 2 aromatic rings. The number of amides is 2. The number of imide groups is 1. The standard InChI is InChI=1S/C18H16N2O3/c1-11-7-9-12(10-8-11)15-14-16(18(22)19-17(14)21)23-20(15)13-5-3-2-4-6-13/h2-10,14-16H,1H3,(H,19,21,22)/t14-,15+,16-/m1/s1. The van der Waals surface area contributed by atoms with Crippen molar-refractivity contribution < 1.29 is 14.4 Å². The molecule has 23 heavy (non-hydrogen) atoms. The van der Waals surface area contributed by atoms with Gasteiger partial charge >= 0.3 is 0 Å². The summed E-state index contributed by atoms with van der Waals surface area (Å²) in [6.07, 6.45) is -0.769. The van der Waals surface area contributed by atoms with Crippen molar-refractivity contribution in [2.75, 3.05) is 5.06 Å². The third-order valence-corrected chi connectivity index (χ3v) is 4.38. The molecule has 0 saturated carbocycles. The first-order valence-corrected chi connectivity index (χ1v) is 7.57. The van der Waals surface area contributed by atoms with E-state index in [2.05, 4.69) is 5.32 Å². The van der Waals surface area contributed by atoms with Gasteiger partial charge in [0.1, 0.15) is 5.92 Å². The smallest absolute Gasteiger partial charge is 0.259 e. The first-order valence-electron chi connectivity index (χ1n) is 7.57. The van der Waals surface area contributed by atoms with Crippen LogP contribution in [0.4, 0.5) is 5.69 Å². The fraction of sp³-hybridized carbons (Fsp3) is 0.222. The van der Waals surface area contributed by atoms with Gasteiger partial charge in [-0.15, -0.1) is 0 Å². The molecule has 2 aromatic carbocycles. The van der Waals surface area contributed by atoms with E-state index in [4.69, 9.17) is 4.84 Å². The molecular formula is C18H16N2O3. The zero-order valence-electron chi connectivity index (χ0n) is 12.6. The molecule has 4 rings (SSSR count). The molecule has 1 N–H and O–H groups in total. The maximum absolute atomic E-state index is 12.3. The van der Waals surface area contributed by atoms with Crippen LogP contribution in [0.1, 0.15) is 17.2 Å². The Kier molecular flexibility index (Phi) is 3.16. The Hall–Kier alpha value is -2.66. The van der Waals surface area contributed by atoms with Crippen molar-refractivity contribution in [3.05, 3.63) is 65.7 Å². The number of rotatable bonds is 2. The van der Waals surface area contributed by atoms with E-state index in [1.165, 1.54) is 0 Å². The van der Waals surface area contributed by atoms with Gasteiger partial charge in [-0.05, 0) is 24.6 Å². The van der Waals surface area contributed by atoms with Gasteiger partial charge in [0.15, 0.2) is 6.10 Å². The fourth-order valence-corrected chi connectivity index (χ4v) is 3.24. The van der Waals surface area contributed by atoms with Crippen LogP contribution in [0.5, 0.6) is 0 Å². The summed E-state index contributed by atoms with van der Waals surface area (Å²) in [5, 5.41) is 4.06. The minimum Gasteiger partial charge on any atom is -0.294 e. The lowest BCUT2D eigenvalue weighted by atomic mass is 9.90. The molecular weight excluding hydrogens is 292 g/mol. The molecule has 0 aromatic heterocycles. The van der Waals surface area contributed by atoms with Crippen LogP contribution in [-0.4, -0.2) is 17.9 Å². The van der Waals surface area contributed by atoms with Crippen LogP contribution in [0.15, 0.2) is 54.6 Å². The summed E-state index contributed by atoms with van der Waals surface area (Å²) in [5.41, 5.74) is 2.92. The lowest BCUT2D eigenvalue weighted by Gasteiger charge is -2.27. The minimum absolute atomic E-state index is 0.274. The highest BCUT2D eigenvalue weighted by Gasteiger charge is 2.56. The molecule has 0 unspecified atom stereocenters. The molecule has 116 valence electrons. The summed E-state index contributed by atoms with van der Waals surface area (Å²) >= 11 is 0. The van der Waals surface area contributed by atoms with E-state index in [0.29, 0.717) is 0 Å². The first-order chi connectivity index (χ1) is 11.1. The van der Waals surface area contributed by atoms with E-state index in [0.717, 1.165) is 16.8 Å². The van der Waals surface area contributed by atoms with Crippen molar-refractivity contribution in [1.29, 1.82) is 0 Å². The van der Waals surface area contributed by atoms with E-state index >= 15 is 0 Å². The van der Waals surface area contributed by atoms with Gasteiger partial charge in [-0.2, -0.15) is 0 Å². The molecule has 0 radical (unpaired) electrons. The topological polar surface area (TPSA) is 58.6 Å². The highest BCUT2D eigenvalue weighted by Crippen LogP contribution is 2.44. The molecule has 2 amide bonds. The van der Waals surface area contributed by atoms with Crippen LogP contribution in [0, 0.1) is 12.8 Å². The number of carbonyl (C=O) groups is 2. The third-order valence-electron chi connectivity index (χ3n) is 4.38. The summed E-state index contributed by atoms with van der Waals surface area (Å²) < 4.78 is 0. The quantitative estimate of drug-likeness (QED) is 0.864. The molecule has 2 aliphatic rings. The van der Waals surface area contributed by atoms with E-state index in [1.54, 1.807) is 5.06 Å². The van der Waals surface area contributed by atoms with Crippen molar-refractivity contribution in [3.63, 3.8) is 0 Å². The summed E-state index contributed by atoms with van der Waals surface area (Å²) in [4.78, 5) is 30.1. The lowest BCUT2D eigenvalue weighted by Crippen LogP contribution is -2.33. The molecule has 5 heteroatoms. The number of fused-ring (bicyclic) bond motifs is 1. The first kappa shape index (κ1) is 14.0. The monoisotopic (exact) mass is 308 g/mol. The molecule has 0 aliphatic carbocycles. The van der Waals surface area contributed by atoms with Crippen molar-refractivity contribution >= 4 is 17.5 Å². The molecule has 2 heterocycles. The summed E-state index contributed by atoms with van der Waals surface area (Å²) in [6, 6.07) is 17.2. The lowest BCUT2D eigenvalue weighted by molar-refractivity contribution is -0.129. The summed E-state index contributed by atoms with van der Waals surface area (Å²) in [6.45, 7) is 2.01. The SMILES string of the molecule is Cc1ccc([C@H]2[C@H]3C(=O)NC(=O)[C@@H]3ON2c2ccccc2)cc1. The zero-order valence-corrected chi connectivity index (χ0v) is 12.6. The highest BCUT2D eigenvalue weighted by molar-refractivity contribution is 6.07. The Balaban J connectivity index is 1.80. The van der Waals surface area contributed by atoms with Crippen LogP contribution in [0.25, 0.3) is 0 Å². The molecule has 0 spiro atoms. The Morgan fingerprint density at radius 3 is 2.35 bits per heavy atom. The Morgan fingerprint density at radius 1 is 0.957 bits per heavy atom. The van der Waals surface area contributed by atoms with E-state index in [-0.39, 0.29) is 17.9 Å². The minimum atomic E-state index is -0.769. The fourth-order valence-electron chi connectivity index (χ4n) is 3.24. The van der Waals surface area contributed by atoms with Gasteiger partial charge in [0.25, 0.3) is 5.91 Å². The normalized spacial score (nSPS) is 26.3. The van der Waals surface area contributed by atoms with Crippen LogP contribution >= 0.6 is 0 Å². The van der Waals surface area contributed by atoms with Gasteiger partial charge in [-0.25, -0.2) is 5.06 Å². The van der Waals surface area contributed by atoms with Gasteiger partial charge in [0.2, 0.25) is 5.91 Å². The number of nitrogens with one attached hydrogen (secondary N) is 1. The number of anilines is 1. The summed E-state index contributed by atoms with van der Waals surface area (Å²) in [7, 11) is 0. The number of hydrogen-bond donors (Lipinski definition) is 1. The summed E-state index contributed by atoms with van der Waals surface area (Å²) in [5.74, 6) is -1.18. The molecule has 0 bridgehead atoms. The average Bonchev–Trinajstić information content (AvgIpc) is 3.08. The maximum Gasteiger partial charge on any atom is 0.259 e. The van der Waals surface area contributed by atoms with Crippen molar-refractivity contribution in [2.24, 2.45) is 5.92 Å². The number of para-hydroxylation sites is 1. The number of nitrogens with zero attached hydrogens (tertiary/aromatic N) is 1. The number of aryl methyl sites for hydroxylation is 1. The highest BCUT2D eigenvalue weighted by atomic mass is 16.7. The van der Waals surface area contributed by atoms with E-state index < -0.39 is 12.0 Å². The van der Waals surface area contributed by atoms with Crippen LogP contribution in [0.2, 0.25) is 0 Å². The van der Waals surface area contributed by atoms with Crippen molar-refractivity contribution in [1.82, 2.24) is 5.32 Å². The second-order valence-electron chi connectivity index (χ2n) is 5.92. The molecule has 2 saturated heterocycles. The number of carbonyl (C=O) groups excluding carboxylic acids is 2. The van der Waals surface area contributed by atoms with E-state index in [9.17, 15) is 9.59 Å². The molecule has 2 fully saturated rings. The van der Waals surface area contributed by atoms with Crippen molar-refractivity contribution in [3.8, 4) is 0 Å². The number of hydroxylamine groups is 1. The van der Waals surface area contributed by atoms with Crippen LogP contribution in [-0.2, 0) is 14.4 Å². The average molecular weight is 308 g/mol. The zero-order chi connectivity index (χ0) is 16.0. The van der Waals surface area contributed by atoms with Gasteiger partial charge < -0.3 is 0 Å². The van der Waals surface area contributed by atoms with Crippen LogP contribution in [0.3, 0.4) is 0 Å². The number of benzene rings is 2. The predicted molar refractivity (Wildman–Crippen MR) is 84.4 cm³/mol. The maximum atomic E-state index is 12.3. The van der Waals surface area contributed by atoms with Gasteiger partial charge in [-0.3, -0.25) is 19.7 Å². The second kappa shape index (κ2) is 5.21. The van der Waals surface area contributed by atoms with Crippen molar-refractivity contribution in [2.45, 2.75) is 19.1 Å². The Morgan fingerprint density at radius 2 is 1.65 bits per heavy atom. The third kappa shape index (κ3) is 2.21. The van der Waals surface area contributed by atoms with Gasteiger partial charge in [0.05, 0.1) is 11.7 Å². The molecule has 5 nitrogen and oxygen atoms in total. The van der Waals surface area contributed by atoms with Gasteiger partial charge in [-0.1, -0.05) is 48.0 Å². The predicted octanol–water partition coefficient (Wildman–Crippen LogP) is 2.13. The van der Waals surface area contributed by atoms with E-state index in [1.807, 2.05) is 61.5 Å².